The van der Waals surface area contributed by atoms with E-state index in [9.17, 15) is 5.26 Å². The Morgan fingerprint density at radius 3 is 2.52 bits per heavy atom. The van der Waals surface area contributed by atoms with E-state index in [4.69, 9.17) is 15.2 Å². The van der Waals surface area contributed by atoms with Gasteiger partial charge in [0.25, 0.3) is 0 Å². The Morgan fingerprint density at radius 1 is 1.10 bits per heavy atom. The molecule has 2 aromatic carbocycles. The summed E-state index contributed by atoms with van der Waals surface area (Å²) in [6, 6.07) is 17.1. The first-order valence-electron chi connectivity index (χ1n) is 8.95. The van der Waals surface area contributed by atoms with Gasteiger partial charge < -0.3 is 20.5 Å². The molecule has 0 unspecified atom stereocenters. The molecular formula is C22H19N5O2. The van der Waals surface area contributed by atoms with Crippen molar-refractivity contribution in [2.45, 2.75) is 6.92 Å². The third-order valence-electron chi connectivity index (χ3n) is 4.64. The van der Waals surface area contributed by atoms with E-state index in [1.54, 1.807) is 17.8 Å². The maximum Gasteiger partial charge on any atom is 0.169 e. The monoisotopic (exact) mass is 385 g/mol. The molecule has 2 heterocycles. The number of benzene rings is 2. The number of nitrogens with zero attached hydrogens (tertiary/aromatic N) is 3. The molecule has 7 nitrogen and oxygen atoms in total. The van der Waals surface area contributed by atoms with Crippen molar-refractivity contribution in [2.24, 2.45) is 0 Å². The molecule has 29 heavy (non-hydrogen) atoms. The highest BCUT2D eigenvalue weighted by atomic mass is 16.5. The van der Waals surface area contributed by atoms with Gasteiger partial charge in [-0.05, 0) is 43.3 Å². The molecule has 0 atom stereocenters. The van der Waals surface area contributed by atoms with Crippen molar-refractivity contribution in [3.05, 3.63) is 72.1 Å². The molecule has 4 rings (SSSR count). The van der Waals surface area contributed by atoms with Crippen LogP contribution in [0.25, 0.3) is 5.52 Å². The van der Waals surface area contributed by atoms with Crippen LogP contribution < -0.4 is 20.5 Å². The fourth-order valence-electron chi connectivity index (χ4n) is 3.10. The maximum atomic E-state index is 9.51. The predicted molar refractivity (Wildman–Crippen MR) is 112 cm³/mol. The van der Waals surface area contributed by atoms with Crippen LogP contribution in [0.15, 0.2) is 60.9 Å². The van der Waals surface area contributed by atoms with Gasteiger partial charge in [0, 0.05) is 11.3 Å². The van der Waals surface area contributed by atoms with Gasteiger partial charge in [-0.1, -0.05) is 12.1 Å². The molecule has 0 saturated heterocycles. The Hall–Kier alpha value is -4.18. The molecule has 2 aromatic heterocycles. The van der Waals surface area contributed by atoms with Gasteiger partial charge in [0.2, 0.25) is 0 Å². The van der Waals surface area contributed by atoms with Crippen LogP contribution in [-0.2, 0) is 0 Å². The first kappa shape index (κ1) is 18.2. The lowest BCUT2D eigenvalue weighted by Crippen LogP contribution is -2.00. The van der Waals surface area contributed by atoms with E-state index in [2.05, 4.69) is 16.5 Å². The van der Waals surface area contributed by atoms with Crippen molar-refractivity contribution in [3.8, 4) is 23.3 Å². The Bertz CT molecular complexity index is 1220. The second kappa shape index (κ2) is 7.44. The molecular weight excluding hydrogens is 366 g/mol. The number of nitriles is 1. The number of anilines is 3. The molecule has 3 N–H and O–H groups in total. The highest BCUT2D eigenvalue weighted by molar-refractivity contribution is 5.87. The maximum absolute atomic E-state index is 9.51. The van der Waals surface area contributed by atoms with Gasteiger partial charge >= 0.3 is 0 Å². The van der Waals surface area contributed by atoms with Gasteiger partial charge in [-0.15, -0.1) is 0 Å². The average molecular weight is 385 g/mol. The predicted octanol–water partition coefficient (Wildman–Crippen LogP) is 4.64. The Morgan fingerprint density at radius 2 is 1.83 bits per heavy atom. The zero-order valence-electron chi connectivity index (χ0n) is 16.0. The summed E-state index contributed by atoms with van der Waals surface area (Å²) in [5.74, 6) is 1.97. The molecule has 0 spiro atoms. The van der Waals surface area contributed by atoms with Crippen molar-refractivity contribution < 1.29 is 9.47 Å². The van der Waals surface area contributed by atoms with Crippen molar-refractivity contribution >= 4 is 22.6 Å². The fourth-order valence-corrected chi connectivity index (χ4v) is 3.10. The van der Waals surface area contributed by atoms with Crippen LogP contribution in [0.5, 0.6) is 17.2 Å². The normalized spacial score (nSPS) is 10.5. The Labute approximate surface area is 167 Å². The standard InChI is InChI=1S/C22H19N5O2/c1-14-18(24)13-27-22(14)21(15(11-23)12-25-27)26-16-7-9-17(10-8-16)29-20-6-4-3-5-19(20)28-2/h3-10,12-13,26H,24H2,1-2H3. The number of para-hydroxylation sites is 2. The van der Waals surface area contributed by atoms with E-state index in [1.807, 2.05) is 55.5 Å². The minimum atomic E-state index is 0.438. The number of aromatic nitrogens is 2. The lowest BCUT2D eigenvalue weighted by Gasteiger charge is -2.13. The number of rotatable bonds is 5. The first-order valence-corrected chi connectivity index (χ1v) is 8.95. The zero-order chi connectivity index (χ0) is 20.4. The molecule has 0 aliphatic heterocycles. The molecule has 0 aliphatic rings. The molecule has 0 bridgehead atoms. The highest BCUT2D eigenvalue weighted by Gasteiger charge is 2.14. The largest absolute Gasteiger partial charge is 0.493 e. The van der Waals surface area contributed by atoms with Gasteiger partial charge in [-0.2, -0.15) is 10.4 Å². The quantitative estimate of drug-likeness (QED) is 0.519. The number of nitrogens with one attached hydrogen (secondary N) is 1. The average Bonchev–Trinajstić information content (AvgIpc) is 3.04. The van der Waals surface area contributed by atoms with Crippen LogP contribution in [0.2, 0.25) is 0 Å². The van der Waals surface area contributed by atoms with Crippen LogP contribution >= 0.6 is 0 Å². The lowest BCUT2D eigenvalue weighted by atomic mass is 10.1. The molecule has 4 aromatic rings. The Kier molecular flexibility index (Phi) is 4.67. The van der Waals surface area contributed by atoms with Gasteiger partial charge in [-0.25, -0.2) is 4.52 Å². The topological polar surface area (TPSA) is 97.6 Å². The summed E-state index contributed by atoms with van der Waals surface area (Å²) in [6.45, 7) is 1.91. The summed E-state index contributed by atoms with van der Waals surface area (Å²) in [6.07, 6.45) is 3.26. The molecule has 0 amide bonds. The third-order valence-corrected chi connectivity index (χ3v) is 4.64. The van der Waals surface area contributed by atoms with E-state index in [0.717, 1.165) is 16.8 Å². The van der Waals surface area contributed by atoms with Crippen LogP contribution in [0.3, 0.4) is 0 Å². The number of fused-ring (bicyclic) bond motifs is 1. The zero-order valence-corrected chi connectivity index (χ0v) is 16.0. The minimum Gasteiger partial charge on any atom is -0.493 e. The van der Waals surface area contributed by atoms with Crippen LogP contribution in [0, 0.1) is 18.3 Å². The minimum absolute atomic E-state index is 0.438. The number of nitrogens with two attached hydrogens (primary N) is 1. The van der Waals surface area contributed by atoms with Crippen molar-refractivity contribution in [1.82, 2.24) is 9.61 Å². The molecule has 144 valence electrons. The summed E-state index contributed by atoms with van der Waals surface area (Å²) in [5.41, 5.74) is 10.2. The summed E-state index contributed by atoms with van der Waals surface area (Å²) >= 11 is 0. The number of methoxy groups -OCH3 is 1. The summed E-state index contributed by atoms with van der Waals surface area (Å²) in [5, 5.41) is 17.1. The van der Waals surface area contributed by atoms with E-state index in [0.29, 0.717) is 34.2 Å². The van der Waals surface area contributed by atoms with Gasteiger partial charge in [0.1, 0.15) is 11.8 Å². The second-order valence-electron chi connectivity index (χ2n) is 6.45. The van der Waals surface area contributed by atoms with Crippen LogP contribution in [-0.4, -0.2) is 16.7 Å². The lowest BCUT2D eigenvalue weighted by molar-refractivity contribution is 0.379. The van der Waals surface area contributed by atoms with E-state index in [-0.39, 0.29) is 0 Å². The number of hydrogen-bond donors (Lipinski definition) is 2. The Balaban J connectivity index is 1.64. The summed E-state index contributed by atoms with van der Waals surface area (Å²) in [7, 11) is 1.60. The van der Waals surface area contributed by atoms with Crippen LogP contribution in [0.4, 0.5) is 17.1 Å². The third kappa shape index (κ3) is 3.39. The number of aryl methyl sites for hydroxylation is 1. The van der Waals surface area contributed by atoms with Crippen LogP contribution in [0.1, 0.15) is 11.1 Å². The highest BCUT2D eigenvalue weighted by Crippen LogP contribution is 2.33. The smallest absolute Gasteiger partial charge is 0.169 e. The summed E-state index contributed by atoms with van der Waals surface area (Å²) < 4.78 is 12.9. The van der Waals surface area contributed by atoms with E-state index >= 15 is 0 Å². The van der Waals surface area contributed by atoms with E-state index < -0.39 is 0 Å². The number of hydrogen-bond acceptors (Lipinski definition) is 6. The second-order valence-corrected chi connectivity index (χ2v) is 6.45. The van der Waals surface area contributed by atoms with Crippen molar-refractivity contribution in [1.29, 1.82) is 5.26 Å². The molecule has 0 fully saturated rings. The summed E-state index contributed by atoms with van der Waals surface area (Å²) in [4.78, 5) is 0. The first-order chi connectivity index (χ1) is 14.1. The van der Waals surface area contributed by atoms with Gasteiger partial charge in [0.15, 0.2) is 11.5 Å². The molecule has 0 aliphatic carbocycles. The number of nitrogen functional groups attached to an aromatic ring is 1. The van der Waals surface area contributed by atoms with Crippen molar-refractivity contribution in [3.63, 3.8) is 0 Å². The molecule has 7 heteroatoms. The van der Waals surface area contributed by atoms with Gasteiger partial charge in [-0.3, -0.25) is 0 Å². The van der Waals surface area contributed by atoms with Gasteiger partial charge in [0.05, 0.1) is 42.0 Å². The van der Waals surface area contributed by atoms with Crippen molar-refractivity contribution in [2.75, 3.05) is 18.2 Å². The SMILES string of the molecule is COc1ccccc1Oc1ccc(Nc2c(C#N)cnn3cc(N)c(C)c23)cc1. The van der Waals surface area contributed by atoms with E-state index in [1.165, 1.54) is 6.20 Å². The molecule has 0 saturated carbocycles. The number of ether oxygens (including phenoxy) is 2. The molecule has 0 radical (unpaired) electrons. The fraction of sp³-hybridized carbons (Fsp3) is 0.0909.